The highest BCUT2D eigenvalue weighted by Gasteiger charge is 2.22. The number of hydrogen-bond acceptors (Lipinski definition) is 5. The van der Waals surface area contributed by atoms with Gasteiger partial charge in [-0.2, -0.15) is 5.10 Å². The lowest BCUT2D eigenvalue weighted by Crippen LogP contribution is -2.00. The maximum absolute atomic E-state index is 5.36. The molecule has 0 aliphatic carbocycles. The summed E-state index contributed by atoms with van der Waals surface area (Å²) in [5.74, 6) is 2.69. The lowest BCUT2D eigenvalue weighted by atomic mass is 10.1. The number of ether oxygens (including phenoxy) is 1. The Labute approximate surface area is 105 Å². The lowest BCUT2D eigenvalue weighted by Gasteiger charge is -2.03. The first kappa shape index (κ1) is 11.2. The quantitative estimate of drug-likeness (QED) is 0.855. The monoisotopic (exact) mass is 245 g/mol. The molecule has 0 amide bonds. The predicted molar refractivity (Wildman–Crippen MR) is 67.3 cm³/mol. The molecule has 2 N–H and O–H groups in total. The summed E-state index contributed by atoms with van der Waals surface area (Å²) in [6.07, 6.45) is 2.74. The molecule has 0 aromatic carbocycles. The van der Waals surface area contributed by atoms with Gasteiger partial charge in [0, 0.05) is 25.8 Å². The minimum Gasteiger partial charge on any atom is -0.381 e. The molecule has 0 spiro atoms. The second-order valence-electron chi connectivity index (χ2n) is 4.25. The minimum atomic E-state index is 0.334. The van der Waals surface area contributed by atoms with Crippen molar-refractivity contribution in [2.45, 2.75) is 12.3 Å². The molecule has 0 radical (unpaired) electrons. The summed E-state index contributed by atoms with van der Waals surface area (Å²) in [5, 5.41) is 10.3. The van der Waals surface area contributed by atoms with Crippen LogP contribution in [0.25, 0.3) is 11.4 Å². The second-order valence-corrected chi connectivity index (χ2v) is 4.25. The number of nitrogens with zero attached hydrogens (tertiary/aromatic N) is 3. The molecule has 3 rings (SSSR count). The van der Waals surface area contributed by atoms with Crippen LogP contribution in [0.2, 0.25) is 0 Å². The van der Waals surface area contributed by atoms with Crippen LogP contribution in [0.15, 0.2) is 18.3 Å². The van der Waals surface area contributed by atoms with Crippen molar-refractivity contribution in [3.05, 3.63) is 24.2 Å². The van der Waals surface area contributed by atoms with Crippen molar-refractivity contribution in [3.8, 4) is 11.4 Å². The van der Waals surface area contributed by atoms with E-state index < -0.39 is 0 Å². The fourth-order valence-corrected chi connectivity index (χ4v) is 2.11. The van der Waals surface area contributed by atoms with Gasteiger partial charge in [-0.05, 0) is 18.6 Å². The molecule has 1 aliphatic rings. The van der Waals surface area contributed by atoms with Gasteiger partial charge in [-0.15, -0.1) is 0 Å². The van der Waals surface area contributed by atoms with E-state index in [0.29, 0.717) is 11.7 Å². The lowest BCUT2D eigenvalue weighted by molar-refractivity contribution is 0.193. The van der Waals surface area contributed by atoms with Crippen molar-refractivity contribution in [2.75, 3.05) is 25.6 Å². The maximum Gasteiger partial charge on any atom is 0.184 e. The fourth-order valence-electron chi connectivity index (χ4n) is 2.11. The van der Waals surface area contributed by atoms with E-state index in [4.69, 9.17) is 4.74 Å². The third-order valence-corrected chi connectivity index (χ3v) is 3.10. The topological polar surface area (TPSA) is 75.7 Å². The molecule has 18 heavy (non-hydrogen) atoms. The molecule has 2 aromatic rings. The van der Waals surface area contributed by atoms with E-state index in [1.165, 1.54) is 0 Å². The van der Waals surface area contributed by atoms with Crippen LogP contribution in [-0.4, -0.2) is 40.4 Å². The summed E-state index contributed by atoms with van der Waals surface area (Å²) in [6.45, 7) is 1.52. The van der Waals surface area contributed by atoms with Crippen LogP contribution in [0.1, 0.15) is 18.2 Å². The smallest absolute Gasteiger partial charge is 0.184 e. The van der Waals surface area contributed by atoms with Gasteiger partial charge in [-0.3, -0.25) is 5.10 Å². The number of aromatic amines is 1. The standard InChI is InChI=1S/C12H15N5O/c1-13-11-9(3-2-5-14-11)12-15-10(16-17-12)8-4-6-18-7-8/h2-3,5,8H,4,6-7H2,1H3,(H,13,14)(H,15,16,17)/t8-/m0/s1. The molecule has 0 bridgehead atoms. The molecule has 3 heterocycles. The molecule has 0 saturated carbocycles. The van der Waals surface area contributed by atoms with Gasteiger partial charge in [0.15, 0.2) is 5.82 Å². The number of rotatable bonds is 3. The molecule has 1 aliphatic heterocycles. The molecule has 1 atom stereocenters. The Kier molecular flexibility index (Phi) is 2.93. The zero-order valence-electron chi connectivity index (χ0n) is 10.2. The number of anilines is 1. The van der Waals surface area contributed by atoms with Gasteiger partial charge < -0.3 is 10.1 Å². The molecule has 2 aromatic heterocycles. The summed E-state index contributed by atoms with van der Waals surface area (Å²) >= 11 is 0. The third-order valence-electron chi connectivity index (χ3n) is 3.10. The van der Waals surface area contributed by atoms with Crippen molar-refractivity contribution in [1.29, 1.82) is 0 Å². The highest BCUT2D eigenvalue weighted by molar-refractivity contribution is 5.69. The van der Waals surface area contributed by atoms with E-state index in [1.807, 2.05) is 19.2 Å². The van der Waals surface area contributed by atoms with Gasteiger partial charge in [0.25, 0.3) is 0 Å². The number of hydrogen-bond donors (Lipinski definition) is 2. The van der Waals surface area contributed by atoms with Crippen LogP contribution in [-0.2, 0) is 4.74 Å². The maximum atomic E-state index is 5.36. The summed E-state index contributed by atoms with van der Waals surface area (Å²) < 4.78 is 5.36. The summed E-state index contributed by atoms with van der Waals surface area (Å²) in [4.78, 5) is 8.80. The van der Waals surface area contributed by atoms with Crippen molar-refractivity contribution in [3.63, 3.8) is 0 Å². The number of nitrogens with one attached hydrogen (secondary N) is 2. The highest BCUT2D eigenvalue weighted by Crippen LogP contribution is 2.26. The Morgan fingerprint density at radius 1 is 1.50 bits per heavy atom. The Morgan fingerprint density at radius 3 is 3.22 bits per heavy atom. The average molecular weight is 245 g/mol. The Bertz CT molecular complexity index is 533. The van der Waals surface area contributed by atoms with Gasteiger partial charge in [-0.25, -0.2) is 9.97 Å². The van der Waals surface area contributed by atoms with E-state index in [-0.39, 0.29) is 0 Å². The number of aromatic nitrogens is 4. The van der Waals surface area contributed by atoms with E-state index in [9.17, 15) is 0 Å². The van der Waals surface area contributed by atoms with E-state index in [0.717, 1.165) is 36.8 Å². The van der Waals surface area contributed by atoms with E-state index in [1.54, 1.807) is 6.20 Å². The molecule has 0 unspecified atom stereocenters. The van der Waals surface area contributed by atoms with Gasteiger partial charge in [0.05, 0.1) is 12.2 Å². The zero-order valence-corrected chi connectivity index (χ0v) is 10.2. The second kappa shape index (κ2) is 4.73. The first-order valence-electron chi connectivity index (χ1n) is 6.01. The normalized spacial score (nSPS) is 19.1. The molecule has 6 nitrogen and oxygen atoms in total. The number of H-pyrrole nitrogens is 1. The van der Waals surface area contributed by atoms with Gasteiger partial charge >= 0.3 is 0 Å². The first-order chi connectivity index (χ1) is 8.88. The van der Waals surface area contributed by atoms with Crippen LogP contribution in [0, 0.1) is 0 Å². The van der Waals surface area contributed by atoms with Crippen molar-refractivity contribution in [2.24, 2.45) is 0 Å². The third kappa shape index (κ3) is 1.95. The number of pyridine rings is 1. The summed E-state index contributed by atoms with van der Waals surface area (Å²) in [6, 6.07) is 3.84. The van der Waals surface area contributed by atoms with Crippen molar-refractivity contribution < 1.29 is 4.74 Å². The van der Waals surface area contributed by atoms with Crippen molar-refractivity contribution >= 4 is 5.82 Å². The van der Waals surface area contributed by atoms with Gasteiger partial charge in [-0.1, -0.05) is 0 Å². The average Bonchev–Trinajstić information content (AvgIpc) is 3.09. The zero-order chi connectivity index (χ0) is 12.4. The molecule has 94 valence electrons. The van der Waals surface area contributed by atoms with Crippen LogP contribution < -0.4 is 5.32 Å². The predicted octanol–water partition coefficient (Wildman–Crippen LogP) is 1.41. The van der Waals surface area contributed by atoms with Crippen LogP contribution in [0.3, 0.4) is 0 Å². The molecular formula is C12H15N5O. The Hall–Kier alpha value is -1.95. The van der Waals surface area contributed by atoms with Crippen LogP contribution in [0.4, 0.5) is 5.82 Å². The molecule has 1 fully saturated rings. The molecular weight excluding hydrogens is 230 g/mol. The van der Waals surface area contributed by atoms with E-state index >= 15 is 0 Å². The van der Waals surface area contributed by atoms with Crippen LogP contribution >= 0.6 is 0 Å². The molecule has 6 heteroatoms. The Balaban J connectivity index is 1.92. The van der Waals surface area contributed by atoms with E-state index in [2.05, 4.69) is 25.5 Å². The SMILES string of the molecule is CNc1ncccc1-c1n[nH]c([C@H]2CCOC2)n1. The van der Waals surface area contributed by atoms with Crippen LogP contribution in [0.5, 0.6) is 0 Å². The summed E-state index contributed by atoms with van der Waals surface area (Å²) in [7, 11) is 1.84. The first-order valence-corrected chi connectivity index (χ1v) is 6.01. The Morgan fingerprint density at radius 2 is 2.44 bits per heavy atom. The largest absolute Gasteiger partial charge is 0.381 e. The summed E-state index contributed by atoms with van der Waals surface area (Å²) in [5.41, 5.74) is 0.904. The van der Waals surface area contributed by atoms with Crippen molar-refractivity contribution in [1.82, 2.24) is 20.2 Å². The van der Waals surface area contributed by atoms with Gasteiger partial charge in [0.1, 0.15) is 11.6 Å². The van der Waals surface area contributed by atoms with Gasteiger partial charge in [0.2, 0.25) is 0 Å². The minimum absolute atomic E-state index is 0.334. The molecule has 1 saturated heterocycles. The highest BCUT2D eigenvalue weighted by atomic mass is 16.5. The fraction of sp³-hybridized carbons (Fsp3) is 0.417.